The van der Waals surface area contributed by atoms with Gasteiger partial charge in [-0.2, -0.15) is 13.2 Å². The van der Waals surface area contributed by atoms with Gasteiger partial charge in [0.15, 0.2) is 0 Å². The maximum Gasteiger partial charge on any atom is 0.446 e. The molecule has 1 N–H and O–H groups in total. The molecule has 0 atom stereocenters. The molecule has 2 aromatic rings. The lowest BCUT2D eigenvalue weighted by Crippen LogP contribution is -2.36. The highest BCUT2D eigenvalue weighted by atomic mass is 32.2. The molecule has 0 radical (unpaired) electrons. The zero-order valence-electron chi connectivity index (χ0n) is 12.0. The van der Waals surface area contributed by atoms with Crippen molar-refractivity contribution in [3.63, 3.8) is 0 Å². The van der Waals surface area contributed by atoms with Crippen LogP contribution in [0.15, 0.2) is 41.3 Å². The summed E-state index contributed by atoms with van der Waals surface area (Å²) in [5.41, 5.74) is -4.93. The number of urea groups is 1. The molecule has 0 bridgehead atoms. The fourth-order valence-corrected chi connectivity index (χ4v) is 2.75. The second kappa shape index (κ2) is 6.03. The number of imide groups is 1. The van der Waals surface area contributed by atoms with Crippen molar-refractivity contribution in [3.8, 4) is 0 Å². The Morgan fingerprint density at radius 3 is 2.24 bits per heavy atom. The van der Waals surface area contributed by atoms with Crippen LogP contribution in [0.1, 0.15) is 10.4 Å². The Bertz CT molecular complexity index is 864. The molecule has 0 spiro atoms. The predicted molar refractivity (Wildman–Crippen MR) is 79.7 cm³/mol. The lowest BCUT2D eigenvalue weighted by atomic mass is 10.2. The fourth-order valence-electron chi connectivity index (χ4n) is 2.18. The summed E-state index contributed by atoms with van der Waals surface area (Å²) in [5, 5.41) is 1.79. The van der Waals surface area contributed by atoms with Gasteiger partial charge in [0.05, 0.1) is 11.4 Å². The van der Waals surface area contributed by atoms with Crippen LogP contribution in [0.25, 0.3) is 0 Å². The molecule has 2 aromatic carbocycles. The number of carbonyl (C=O) groups is 2. The highest BCUT2D eigenvalue weighted by Gasteiger charge is 2.38. The van der Waals surface area contributed by atoms with E-state index < -0.39 is 34.6 Å². The number of thioether (sulfide) groups is 1. The Labute approximate surface area is 141 Å². The summed E-state index contributed by atoms with van der Waals surface area (Å²) in [6, 6.07) is 5.33. The molecule has 0 saturated carbocycles. The maximum atomic E-state index is 13.5. The second-order valence-electron chi connectivity index (χ2n) is 4.89. The topological polar surface area (TPSA) is 49.2 Å². The van der Waals surface area contributed by atoms with Crippen molar-refractivity contribution >= 4 is 35.1 Å². The molecular formula is C15H7F5N2O2S. The summed E-state index contributed by atoms with van der Waals surface area (Å²) in [4.78, 5) is 24.6. The standard InChI is InChI=1S/C15H7F5N2O2S/c16-8-2-1-3-9(17)12(8)13(23)21-14(24)22-10-5-4-7(6-11(10)22)25-15(18,19)20/h1-6H,(H,21,23,24). The van der Waals surface area contributed by atoms with E-state index in [0.717, 1.165) is 29.2 Å². The van der Waals surface area contributed by atoms with Gasteiger partial charge in [0.2, 0.25) is 0 Å². The highest BCUT2D eigenvalue weighted by Crippen LogP contribution is 2.51. The van der Waals surface area contributed by atoms with Crippen LogP contribution in [0.2, 0.25) is 0 Å². The van der Waals surface area contributed by atoms with Crippen molar-refractivity contribution in [2.75, 3.05) is 4.90 Å². The van der Waals surface area contributed by atoms with Crippen molar-refractivity contribution in [1.82, 2.24) is 5.32 Å². The minimum atomic E-state index is -4.48. The van der Waals surface area contributed by atoms with Gasteiger partial charge in [0.1, 0.15) is 17.2 Å². The predicted octanol–water partition coefficient (Wildman–Crippen LogP) is 4.58. The molecule has 0 aromatic heterocycles. The minimum Gasteiger partial charge on any atom is -0.273 e. The average molecular weight is 374 g/mol. The highest BCUT2D eigenvalue weighted by molar-refractivity contribution is 8.00. The first-order valence-electron chi connectivity index (χ1n) is 6.66. The van der Waals surface area contributed by atoms with Gasteiger partial charge in [0.25, 0.3) is 5.91 Å². The zero-order valence-corrected chi connectivity index (χ0v) is 12.8. The van der Waals surface area contributed by atoms with Gasteiger partial charge in [-0.3, -0.25) is 15.0 Å². The van der Waals surface area contributed by atoms with Crippen LogP contribution in [-0.2, 0) is 0 Å². The fraction of sp³-hybridized carbons (Fsp3) is 0.0667. The smallest absolute Gasteiger partial charge is 0.273 e. The molecule has 0 aliphatic carbocycles. The van der Waals surface area contributed by atoms with Crippen molar-refractivity contribution in [3.05, 3.63) is 53.6 Å². The van der Waals surface area contributed by atoms with Crippen LogP contribution >= 0.6 is 11.8 Å². The van der Waals surface area contributed by atoms with Gasteiger partial charge in [-0.25, -0.2) is 13.6 Å². The number of anilines is 2. The van der Waals surface area contributed by atoms with Crippen LogP contribution in [0.4, 0.5) is 38.1 Å². The van der Waals surface area contributed by atoms with Crippen molar-refractivity contribution in [2.45, 2.75) is 10.4 Å². The third kappa shape index (κ3) is 3.58. The van der Waals surface area contributed by atoms with Crippen LogP contribution in [0.3, 0.4) is 0 Å². The van der Waals surface area contributed by atoms with E-state index in [1.165, 1.54) is 12.1 Å². The second-order valence-corrected chi connectivity index (χ2v) is 6.03. The largest absolute Gasteiger partial charge is 0.446 e. The van der Waals surface area contributed by atoms with E-state index in [9.17, 15) is 31.5 Å². The number of benzene rings is 2. The Morgan fingerprint density at radius 2 is 1.64 bits per heavy atom. The first-order chi connectivity index (χ1) is 11.7. The third-order valence-corrected chi connectivity index (χ3v) is 3.95. The summed E-state index contributed by atoms with van der Waals surface area (Å²) in [7, 11) is 0. The van der Waals surface area contributed by atoms with Gasteiger partial charge in [0, 0.05) is 4.90 Å². The number of alkyl halides is 3. The molecule has 0 unspecified atom stereocenters. The quantitative estimate of drug-likeness (QED) is 0.476. The normalized spacial score (nSPS) is 12.6. The molecule has 3 amide bonds. The summed E-state index contributed by atoms with van der Waals surface area (Å²) >= 11 is -0.348. The Morgan fingerprint density at radius 1 is 1.00 bits per heavy atom. The Kier molecular flexibility index (Phi) is 4.15. The van der Waals surface area contributed by atoms with Gasteiger partial charge >= 0.3 is 11.5 Å². The van der Waals surface area contributed by atoms with E-state index in [1.807, 2.05) is 0 Å². The summed E-state index contributed by atoms with van der Waals surface area (Å²) in [5.74, 6) is -3.57. The maximum absolute atomic E-state index is 13.5. The molecule has 130 valence electrons. The molecule has 0 fully saturated rings. The molecule has 0 saturated heterocycles. The number of hydrogen-bond acceptors (Lipinski definition) is 3. The van der Waals surface area contributed by atoms with E-state index in [-0.39, 0.29) is 22.3 Å². The SMILES string of the molecule is O=C(NC(=O)N1c2ccc(SC(F)(F)F)cc21)c1c(F)cccc1F. The van der Waals surface area contributed by atoms with E-state index in [2.05, 4.69) is 0 Å². The van der Waals surface area contributed by atoms with Gasteiger partial charge in [-0.15, -0.1) is 0 Å². The lowest BCUT2D eigenvalue weighted by Gasteiger charge is -2.06. The molecule has 1 aliphatic rings. The van der Waals surface area contributed by atoms with E-state index >= 15 is 0 Å². The van der Waals surface area contributed by atoms with Crippen LogP contribution < -0.4 is 10.2 Å². The molecule has 4 nitrogen and oxygen atoms in total. The molecule has 1 aliphatic heterocycles. The molecular weight excluding hydrogens is 367 g/mol. The molecule has 1 heterocycles. The number of nitrogens with one attached hydrogen (secondary N) is 1. The first-order valence-corrected chi connectivity index (χ1v) is 7.48. The van der Waals surface area contributed by atoms with E-state index in [1.54, 1.807) is 5.32 Å². The van der Waals surface area contributed by atoms with E-state index in [4.69, 9.17) is 0 Å². The summed E-state index contributed by atoms with van der Waals surface area (Å²) in [6.45, 7) is 0. The first kappa shape index (κ1) is 17.2. The third-order valence-electron chi connectivity index (χ3n) is 3.23. The van der Waals surface area contributed by atoms with Crippen LogP contribution in [0.5, 0.6) is 0 Å². The monoisotopic (exact) mass is 374 g/mol. The minimum absolute atomic E-state index is 0.131. The number of halogens is 5. The summed E-state index contributed by atoms with van der Waals surface area (Å²) in [6.07, 6.45) is 0. The van der Waals surface area contributed by atoms with Gasteiger partial charge in [-0.05, 0) is 42.1 Å². The van der Waals surface area contributed by atoms with Gasteiger partial charge < -0.3 is 0 Å². The average Bonchev–Trinajstić information content (AvgIpc) is 3.18. The number of hydrogen-bond donors (Lipinski definition) is 1. The van der Waals surface area contributed by atoms with Crippen molar-refractivity contribution < 1.29 is 31.5 Å². The van der Waals surface area contributed by atoms with Gasteiger partial charge in [-0.1, -0.05) is 6.07 Å². The van der Waals surface area contributed by atoms with Crippen molar-refractivity contribution in [1.29, 1.82) is 0 Å². The number of fused-ring (bicyclic) bond motifs is 1. The number of rotatable bonds is 2. The number of nitrogens with zero attached hydrogens (tertiary/aromatic N) is 1. The summed E-state index contributed by atoms with van der Waals surface area (Å²) < 4.78 is 64.0. The molecule has 25 heavy (non-hydrogen) atoms. The molecule has 3 rings (SSSR count). The van der Waals surface area contributed by atoms with E-state index in [0.29, 0.717) is 5.69 Å². The number of carbonyl (C=O) groups excluding carboxylic acids is 2. The molecule has 10 heteroatoms. The lowest BCUT2D eigenvalue weighted by molar-refractivity contribution is -0.0328. The Hall–Kier alpha value is -2.62. The van der Waals surface area contributed by atoms with Crippen LogP contribution in [0, 0.1) is 11.6 Å². The zero-order chi connectivity index (χ0) is 18.4. The Balaban J connectivity index is 1.71. The van der Waals surface area contributed by atoms with Crippen LogP contribution in [-0.4, -0.2) is 17.4 Å². The number of amides is 3. The van der Waals surface area contributed by atoms with Crippen molar-refractivity contribution in [2.24, 2.45) is 0 Å².